The lowest BCUT2D eigenvalue weighted by molar-refractivity contribution is 1.18. The third-order valence-corrected chi connectivity index (χ3v) is 11.3. The van der Waals surface area contributed by atoms with Crippen LogP contribution >= 0.6 is 27.3 Å². The second kappa shape index (κ2) is 10.4. The van der Waals surface area contributed by atoms with E-state index in [9.17, 15) is 0 Å². The predicted molar refractivity (Wildman–Crippen MR) is 207 cm³/mol. The number of rotatable bonds is 3. The highest BCUT2D eigenvalue weighted by Gasteiger charge is 2.17. The highest BCUT2D eigenvalue weighted by atomic mass is 79.9. The summed E-state index contributed by atoms with van der Waals surface area (Å²) in [5.41, 5.74) is 8.43. The van der Waals surface area contributed by atoms with Gasteiger partial charge in [-0.25, -0.2) is 0 Å². The van der Waals surface area contributed by atoms with E-state index >= 15 is 0 Å². The lowest BCUT2D eigenvalue weighted by atomic mass is 9.92. The zero-order valence-electron chi connectivity index (χ0n) is 25.2. The fraction of sp³-hybridized carbons (Fsp3) is 0. The molecule has 10 rings (SSSR count). The summed E-state index contributed by atoms with van der Waals surface area (Å²) >= 11 is 5.82. The van der Waals surface area contributed by atoms with Crippen LogP contribution in [0.3, 0.4) is 0 Å². The molecule has 0 spiro atoms. The number of hydrogen-bond donors (Lipinski definition) is 0. The predicted octanol–water partition coefficient (Wildman–Crippen LogP) is 13.6. The van der Waals surface area contributed by atoms with Crippen LogP contribution in [0.2, 0.25) is 0 Å². The highest BCUT2D eigenvalue weighted by Crippen LogP contribution is 2.46. The minimum Gasteiger partial charge on any atom is -0.309 e. The van der Waals surface area contributed by atoms with Crippen molar-refractivity contribution in [2.24, 2.45) is 0 Å². The van der Waals surface area contributed by atoms with Crippen LogP contribution < -0.4 is 0 Å². The Morgan fingerprint density at radius 1 is 0.447 bits per heavy atom. The summed E-state index contributed by atoms with van der Waals surface area (Å²) in [5, 5.41) is 10.4. The maximum absolute atomic E-state index is 3.91. The Bertz CT molecular complexity index is 2860. The van der Waals surface area contributed by atoms with Crippen molar-refractivity contribution >= 4 is 90.8 Å². The third kappa shape index (κ3) is 4.14. The van der Waals surface area contributed by atoms with Gasteiger partial charge >= 0.3 is 0 Å². The molecule has 47 heavy (non-hydrogen) atoms. The molecule has 0 radical (unpaired) electrons. The van der Waals surface area contributed by atoms with E-state index in [1.165, 1.54) is 91.5 Å². The lowest BCUT2D eigenvalue weighted by Crippen LogP contribution is -1.93. The van der Waals surface area contributed by atoms with Crippen LogP contribution in [0, 0.1) is 0 Å². The third-order valence-electron chi connectivity index (χ3n) is 9.60. The molecule has 0 saturated heterocycles. The van der Waals surface area contributed by atoms with Crippen molar-refractivity contribution in [3.05, 3.63) is 162 Å². The molecule has 2 heterocycles. The largest absolute Gasteiger partial charge is 0.309 e. The van der Waals surface area contributed by atoms with Crippen molar-refractivity contribution in [3.63, 3.8) is 0 Å². The van der Waals surface area contributed by atoms with Crippen LogP contribution in [-0.4, -0.2) is 4.57 Å². The smallest absolute Gasteiger partial charge is 0.0547 e. The molecule has 0 aliphatic rings. The molecule has 0 N–H and O–H groups in total. The number of thiophene rings is 1. The molecular weight excluding hydrogens is 654 g/mol. The summed E-state index contributed by atoms with van der Waals surface area (Å²) in [7, 11) is 0. The Hall–Kier alpha value is -5.22. The second-order valence-electron chi connectivity index (χ2n) is 12.3. The van der Waals surface area contributed by atoms with Crippen molar-refractivity contribution in [3.8, 4) is 27.9 Å². The zero-order valence-corrected chi connectivity index (χ0v) is 27.6. The van der Waals surface area contributed by atoms with Crippen molar-refractivity contribution in [1.29, 1.82) is 0 Å². The van der Waals surface area contributed by atoms with Gasteiger partial charge in [0, 0.05) is 46.5 Å². The van der Waals surface area contributed by atoms with E-state index < -0.39 is 0 Å². The number of benzene rings is 8. The fourth-order valence-electron chi connectivity index (χ4n) is 7.52. The van der Waals surface area contributed by atoms with Gasteiger partial charge in [-0.2, -0.15) is 0 Å². The minimum atomic E-state index is 1.07. The first-order chi connectivity index (χ1) is 23.2. The monoisotopic (exact) mass is 679 g/mol. The zero-order chi connectivity index (χ0) is 31.1. The van der Waals surface area contributed by atoms with Crippen LogP contribution in [0.1, 0.15) is 0 Å². The van der Waals surface area contributed by atoms with Crippen molar-refractivity contribution in [1.82, 2.24) is 4.57 Å². The molecular formula is C44H26BrNS. The van der Waals surface area contributed by atoms with Gasteiger partial charge in [-0.05, 0) is 93.0 Å². The van der Waals surface area contributed by atoms with Crippen LogP contribution in [0.25, 0.3) is 91.5 Å². The molecule has 1 nitrogen and oxygen atoms in total. The van der Waals surface area contributed by atoms with Crippen LogP contribution in [0.15, 0.2) is 162 Å². The number of aromatic nitrogens is 1. The quantitative estimate of drug-likeness (QED) is 0.175. The van der Waals surface area contributed by atoms with E-state index in [-0.39, 0.29) is 0 Å². The maximum Gasteiger partial charge on any atom is 0.0547 e. The topological polar surface area (TPSA) is 4.93 Å². The SMILES string of the molecule is Brc1cc(-c2ccc3c4ccccc4n(-c4ccccc4)c3c2)cc(-c2cc3c(sc4ccc5ccccc5c43)c3ccccc23)c1. The standard InChI is InChI=1S/C44H26BrNS/c45-31-23-29(28-18-20-36-35-15-8-9-17-40(35)46(41(36)25-28)32-11-2-1-3-12-32)22-30(24-31)38-26-39-43-33-13-5-4-10-27(33)19-21-42(43)47-44(39)37-16-7-6-14-34(37)38/h1-26H. The summed E-state index contributed by atoms with van der Waals surface area (Å²) in [6.07, 6.45) is 0. The van der Waals surface area contributed by atoms with Gasteiger partial charge in [0.15, 0.2) is 0 Å². The maximum atomic E-state index is 3.91. The van der Waals surface area contributed by atoms with Crippen LogP contribution in [0.5, 0.6) is 0 Å². The molecule has 0 amide bonds. The summed E-state index contributed by atoms with van der Waals surface area (Å²) in [5.74, 6) is 0. The number of hydrogen-bond acceptors (Lipinski definition) is 1. The van der Waals surface area contributed by atoms with Gasteiger partial charge in [0.25, 0.3) is 0 Å². The first-order valence-electron chi connectivity index (χ1n) is 15.9. The Morgan fingerprint density at radius 2 is 1.15 bits per heavy atom. The lowest BCUT2D eigenvalue weighted by Gasteiger charge is -2.13. The van der Waals surface area contributed by atoms with Gasteiger partial charge < -0.3 is 4.57 Å². The number of nitrogens with zero attached hydrogens (tertiary/aromatic N) is 1. The van der Waals surface area contributed by atoms with Gasteiger partial charge in [0.1, 0.15) is 0 Å². The van der Waals surface area contributed by atoms with Crippen LogP contribution in [-0.2, 0) is 0 Å². The van der Waals surface area contributed by atoms with E-state index in [0.29, 0.717) is 0 Å². The van der Waals surface area contributed by atoms with E-state index in [1.54, 1.807) is 0 Å². The summed E-state index contributed by atoms with van der Waals surface area (Å²) in [6, 6.07) is 57.8. The molecule has 8 aromatic carbocycles. The molecule has 0 aliphatic carbocycles. The van der Waals surface area contributed by atoms with Gasteiger partial charge in [-0.15, -0.1) is 11.3 Å². The average molecular weight is 681 g/mol. The van der Waals surface area contributed by atoms with Gasteiger partial charge in [-0.1, -0.05) is 119 Å². The number of para-hydroxylation sites is 2. The van der Waals surface area contributed by atoms with Crippen molar-refractivity contribution < 1.29 is 0 Å². The Kier molecular flexibility index (Phi) is 5.96. The van der Waals surface area contributed by atoms with E-state index in [0.717, 1.165) is 4.47 Å². The number of halogens is 1. The van der Waals surface area contributed by atoms with E-state index in [4.69, 9.17) is 0 Å². The Labute approximate surface area is 284 Å². The number of fused-ring (bicyclic) bond motifs is 10. The summed E-state index contributed by atoms with van der Waals surface area (Å²) < 4.78 is 6.14. The minimum absolute atomic E-state index is 1.07. The molecule has 0 aliphatic heterocycles. The van der Waals surface area contributed by atoms with Gasteiger partial charge in [0.05, 0.1) is 11.0 Å². The molecule has 0 saturated carbocycles. The van der Waals surface area contributed by atoms with Crippen LogP contribution in [0.4, 0.5) is 0 Å². The Balaban J connectivity index is 1.22. The fourth-order valence-corrected chi connectivity index (χ4v) is 9.25. The first-order valence-corrected chi connectivity index (χ1v) is 17.5. The normalized spacial score (nSPS) is 11.9. The molecule has 0 bridgehead atoms. The Morgan fingerprint density at radius 3 is 2.02 bits per heavy atom. The average Bonchev–Trinajstić information content (AvgIpc) is 3.67. The molecule has 3 heteroatoms. The second-order valence-corrected chi connectivity index (χ2v) is 14.2. The first kappa shape index (κ1) is 26.9. The van der Waals surface area contributed by atoms with Gasteiger partial charge in [-0.3, -0.25) is 0 Å². The van der Waals surface area contributed by atoms with E-state index in [1.807, 2.05) is 11.3 Å². The highest BCUT2D eigenvalue weighted by molar-refractivity contribution is 9.10. The van der Waals surface area contributed by atoms with E-state index in [2.05, 4.69) is 178 Å². The molecule has 220 valence electrons. The van der Waals surface area contributed by atoms with Gasteiger partial charge in [0.2, 0.25) is 0 Å². The van der Waals surface area contributed by atoms with Crippen molar-refractivity contribution in [2.45, 2.75) is 0 Å². The molecule has 0 unspecified atom stereocenters. The molecule has 10 aromatic rings. The molecule has 0 atom stereocenters. The molecule has 2 aromatic heterocycles. The summed E-state index contributed by atoms with van der Waals surface area (Å²) in [4.78, 5) is 0. The van der Waals surface area contributed by atoms with Crippen molar-refractivity contribution in [2.75, 3.05) is 0 Å². The summed E-state index contributed by atoms with van der Waals surface area (Å²) in [6.45, 7) is 0. The molecule has 0 fully saturated rings.